The normalized spacial score (nSPS) is 13.4. The minimum absolute atomic E-state index is 0.111. The van der Waals surface area contributed by atoms with Gasteiger partial charge in [-0.25, -0.2) is 0 Å². The summed E-state index contributed by atoms with van der Waals surface area (Å²) in [5, 5.41) is 5.41. The molecule has 0 bridgehead atoms. The number of rotatable bonds is 6. The zero-order valence-corrected chi connectivity index (χ0v) is 11.8. The van der Waals surface area contributed by atoms with E-state index in [2.05, 4.69) is 10.6 Å². The number of amides is 2. The van der Waals surface area contributed by atoms with E-state index in [9.17, 15) is 9.59 Å². The highest BCUT2D eigenvalue weighted by Gasteiger charge is 2.24. The third-order valence-electron chi connectivity index (χ3n) is 3.27. The van der Waals surface area contributed by atoms with Crippen LogP contribution in [0.3, 0.4) is 0 Å². The second-order valence-corrected chi connectivity index (χ2v) is 4.71. The van der Waals surface area contributed by atoms with Gasteiger partial charge in [0, 0.05) is 7.05 Å². The summed E-state index contributed by atoms with van der Waals surface area (Å²) in [7, 11) is 1.58. The van der Waals surface area contributed by atoms with Crippen LogP contribution in [-0.4, -0.2) is 24.9 Å². The van der Waals surface area contributed by atoms with E-state index in [1.807, 2.05) is 44.2 Å². The second-order valence-electron chi connectivity index (χ2n) is 4.71. The van der Waals surface area contributed by atoms with Crippen molar-refractivity contribution in [3.63, 3.8) is 0 Å². The summed E-state index contributed by atoms with van der Waals surface area (Å²) >= 11 is 0. The van der Waals surface area contributed by atoms with E-state index >= 15 is 0 Å². The largest absolute Gasteiger partial charge is 0.357 e. The summed E-state index contributed by atoms with van der Waals surface area (Å²) in [4.78, 5) is 23.7. The second kappa shape index (κ2) is 7.56. The van der Waals surface area contributed by atoms with Crippen LogP contribution in [0.2, 0.25) is 0 Å². The van der Waals surface area contributed by atoms with Crippen molar-refractivity contribution in [2.24, 2.45) is 5.92 Å². The number of hydrogen-bond acceptors (Lipinski definition) is 2. The molecule has 1 rings (SSSR count). The molecule has 19 heavy (non-hydrogen) atoms. The predicted molar refractivity (Wildman–Crippen MR) is 75.6 cm³/mol. The highest BCUT2D eigenvalue weighted by molar-refractivity contribution is 5.88. The first-order valence-corrected chi connectivity index (χ1v) is 6.63. The molecule has 0 saturated heterocycles. The molecular weight excluding hydrogens is 240 g/mol. The van der Waals surface area contributed by atoms with Gasteiger partial charge in [-0.15, -0.1) is 0 Å². The maximum absolute atomic E-state index is 12.0. The molecule has 0 aliphatic heterocycles. The molecule has 0 aliphatic rings. The van der Waals surface area contributed by atoms with Gasteiger partial charge < -0.3 is 10.6 Å². The van der Waals surface area contributed by atoms with E-state index in [0.29, 0.717) is 6.42 Å². The summed E-state index contributed by atoms with van der Waals surface area (Å²) in [5.74, 6) is -0.157. The molecule has 2 atom stereocenters. The fraction of sp³-hybridized carbons (Fsp3) is 0.467. The first-order valence-electron chi connectivity index (χ1n) is 6.63. The van der Waals surface area contributed by atoms with Crippen LogP contribution in [0.5, 0.6) is 0 Å². The predicted octanol–water partition coefficient (Wildman–Crippen LogP) is 1.51. The lowest BCUT2D eigenvalue weighted by Crippen LogP contribution is -2.49. The van der Waals surface area contributed by atoms with E-state index in [1.54, 1.807) is 7.05 Å². The molecule has 0 spiro atoms. The number of hydrogen-bond donors (Lipinski definition) is 2. The number of benzene rings is 1. The number of carbonyl (C=O) groups is 2. The van der Waals surface area contributed by atoms with Gasteiger partial charge in [-0.05, 0) is 11.5 Å². The molecule has 2 amide bonds. The Balaban J connectivity index is 2.64. The summed E-state index contributed by atoms with van der Waals surface area (Å²) in [6.07, 6.45) is 1.13. The molecule has 0 fully saturated rings. The first-order chi connectivity index (χ1) is 9.08. The van der Waals surface area contributed by atoms with E-state index in [1.165, 1.54) is 0 Å². The average molecular weight is 262 g/mol. The minimum atomic E-state index is -0.466. The van der Waals surface area contributed by atoms with Crippen molar-refractivity contribution in [3.8, 4) is 0 Å². The van der Waals surface area contributed by atoms with E-state index in [4.69, 9.17) is 0 Å². The zero-order valence-electron chi connectivity index (χ0n) is 11.8. The monoisotopic (exact) mass is 262 g/mol. The van der Waals surface area contributed by atoms with Crippen LogP contribution >= 0.6 is 0 Å². The van der Waals surface area contributed by atoms with Crippen molar-refractivity contribution in [1.82, 2.24) is 10.6 Å². The fourth-order valence-electron chi connectivity index (χ4n) is 1.86. The third-order valence-corrected chi connectivity index (χ3v) is 3.27. The maximum atomic E-state index is 12.0. The standard InChI is InChI=1S/C15H22N2O2/c1-4-11(2)14(15(19)16-3)17-13(18)10-12-8-6-5-7-9-12/h5-9,11,14H,4,10H2,1-3H3,(H,16,19)(H,17,18)/t11-,14-/m0/s1. The van der Waals surface area contributed by atoms with Crippen molar-refractivity contribution in [2.45, 2.75) is 32.7 Å². The SMILES string of the molecule is CC[C@H](C)[C@H](NC(=O)Cc1ccccc1)C(=O)NC. The molecule has 2 N–H and O–H groups in total. The van der Waals surface area contributed by atoms with Crippen molar-refractivity contribution < 1.29 is 9.59 Å². The molecule has 0 aromatic heterocycles. The molecule has 1 aromatic carbocycles. The van der Waals surface area contributed by atoms with Gasteiger partial charge >= 0.3 is 0 Å². The van der Waals surface area contributed by atoms with Gasteiger partial charge in [0.15, 0.2) is 0 Å². The molecule has 4 heteroatoms. The van der Waals surface area contributed by atoms with Crippen molar-refractivity contribution in [2.75, 3.05) is 7.05 Å². The fourth-order valence-corrected chi connectivity index (χ4v) is 1.86. The van der Waals surface area contributed by atoms with Crippen molar-refractivity contribution >= 4 is 11.8 Å². The molecule has 0 aliphatic carbocycles. The number of likely N-dealkylation sites (N-methyl/N-ethyl adjacent to an activating group) is 1. The maximum Gasteiger partial charge on any atom is 0.242 e. The Morgan fingerprint density at radius 2 is 1.84 bits per heavy atom. The summed E-state index contributed by atoms with van der Waals surface area (Å²) in [6.45, 7) is 3.96. The molecule has 1 aromatic rings. The Morgan fingerprint density at radius 3 is 2.37 bits per heavy atom. The molecule has 0 heterocycles. The summed E-state index contributed by atoms with van der Waals surface area (Å²) < 4.78 is 0. The Hall–Kier alpha value is -1.84. The summed E-state index contributed by atoms with van der Waals surface area (Å²) in [6, 6.07) is 9.04. The van der Waals surface area contributed by atoms with Crippen LogP contribution in [0.15, 0.2) is 30.3 Å². The van der Waals surface area contributed by atoms with Crippen LogP contribution in [0.1, 0.15) is 25.8 Å². The van der Waals surface area contributed by atoms with Gasteiger partial charge in [-0.3, -0.25) is 9.59 Å². The van der Waals surface area contributed by atoms with E-state index in [-0.39, 0.29) is 17.7 Å². The lowest BCUT2D eigenvalue weighted by molar-refractivity contribution is -0.129. The lowest BCUT2D eigenvalue weighted by atomic mass is 9.98. The first kappa shape index (κ1) is 15.2. The Bertz CT molecular complexity index is 417. The Kier molecular flexibility index (Phi) is 6.06. The third kappa shape index (κ3) is 4.73. The van der Waals surface area contributed by atoms with Crippen LogP contribution in [0.25, 0.3) is 0 Å². The van der Waals surface area contributed by atoms with Gasteiger partial charge in [0.05, 0.1) is 6.42 Å². The van der Waals surface area contributed by atoms with Crippen LogP contribution in [0.4, 0.5) is 0 Å². The van der Waals surface area contributed by atoms with Crippen LogP contribution < -0.4 is 10.6 Å². The molecule has 0 saturated carbocycles. The minimum Gasteiger partial charge on any atom is -0.357 e. The highest BCUT2D eigenvalue weighted by atomic mass is 16.2. The van der Waals surface area contributed by atoms with Gasteiger partial charge in [0.1, 0.15) is 6.04 Å². The Morgan fingerprint density at radius 1 is 1.21 bits per heavy atom. The molecule has 0 radical (unpaired) electrons. The zero-order chi connectivity index (χ0) is 14.3. The Labute approximate surface area is 114 Å². The average Bonchev–Trinajstić information content (AvgIpc) is 2.44. The van der Waals surface area contributed by atoms with Crippen molar-refractivity contribution in [1.29, 1.82) is 0 Å². The number of nitrogens with one attached hydrogen (secondary N) is 2. The van der Waals surface area contributed by atoms with E-state index in [0.717, 1.165) is 12.0 Å². The molecule has 104 valence electrons. The van der Waals surface area contributed by atoms with Gasteiger partial charge in [0.25, 0.3) is 0 Å². The topological polar surface area (TPSA) is 58.2 Å². The summed E-state index contributed by atoms with van der Waals surface area (Å²) in [5.41, 5.74) is 0.944. The molecule has 0 unspecified atom stereocenters. The van der Waals surface area contributed by atoms with Gasteiger partial charge in [-0.2, -0.15) is 0 Å². The smallest absolute Gasteiger partial charge is 0.242 e. The molecule has 4 nitrogen and oxygen atoms in total. The van der Waals surface area contributed by atoms with E-state index < -0.39 is 6.04 Å². The number of carbonyl (C=O) groups excluding carboxylic acids is 2. The van der Waals surface area contributed by atoms with Crippen LogP contribution in [-0.2, 0) is 16.0 Å². The quantitative estimate of drug-likeness (QED) is 0.816. The molecular formula is C15H22N2O2. The van der Waals surface area contributed by atoms with Crippen LogP contribution in [0, 0.1) is 5.92 Å². The van der Waals surface area contributed by atoms with Gasteiger partial charge in [-0.1, -0.05) is 50.6 Å². The van der Waals surface area contributed by atoms with Gasteiger partial charge in [0.2, 0.25) is 11.8 Å². The van der Waals surface area contributed by atoms with Crippen molar-refractivity contribution in [3.05, 3.63) is 35.9 Å². The highest BCUT2D eigenvalue weighted by Crippen LogP contribution is 2.08. The lowest BCUT2D eigenvalue weighted by Gasteiger charge is -2.22.